The van der Waals surface area contributed by atoms with Crippen molar-refractivity contribution < 1.29 is 23.8 Å². The van der Waals surface area contributed by atoms with Crippen LogP contribution in [0.2, 0.25) is 0 Å². The lowest BCUT2D eigenvalue weighted by Crippen LogP contribution is -2.30. The molecule has 0 radical (unpaired) electrons. The first-order valence-corrected chi connectivity index (χ1v) is 10.3. The van der Waals surface area contributed by atoms with E-state index in [1.165, 1.54) is 6.92 Å². The van der Waals surface area contributed by atoms with Crippen LogP contribution in [-0.2, 0) is 20.7 Å². The largest absolute Gasteiger partial charge is 0.490 e. The van der Waals surface area contributed by atoms with Gasteiger partial charge in [-0.05, 0) is 56.7 Å². The zero-order chi connectivity index (χ0) is 22.1. The Hall–Kier alpha value is -3.05. The molecule has 1 N–H and O–H groups in total. The lowest BCUT2D eigenvalue weighted by atomic mass is 10.1. The number of anilines is 1. The second-order valence-electron chi connectivity index (χ2n) is 6.25. The molecule has 2 rings (SSSR count). The first-order chi connectivity index (χ1) is 14.4. The number of carbonyl (C=O) groups is 2. The molecule has 2 aromatic carbocycles. The number of hydrogen-bond donors (Lipinski definition) is 1. The summed E-state index contributed by atoms with van der Waals surface area (Å²) in [6.45, 7) is 6.16. The molecule has 158 valence electrons. The molecule has 8 heteroatoms. The molecule has 0 saturated heterocycles. The van der Waals surface area contributed by atoms with Crippen molar-refractivity contribution in [2.75, 3.05) is 18.5 Å². The molecule has 0 aliphatic heterocycles. The van der Waals surface area contributed by atoms with E-state index in [1.807, 2.05) is 19.9 Å². The Balaban J connectivity index is 2.02. The summed E-state index contributed by atoms with van der Waals surface area (Å²) < 4.78 is 17.1. The molecule has 1 atom stereocenters. The van der Waals surface area contributed by atoms with E-state index in [1.54, 1.807) is 36.4 Å². The third-order valence-electron chi connectivity index (χ3n) is 3.98. The van der Waals surface area contributed by atoms with E-state index in [-0.39, 0.29) is 6.42 Å². The normalized spacial score (nSPS) is 11.2. The number of nitrogens with zero attached hydrogens (tertiary/aromatic N) is 1. The summed E-state index contributed by atoms with van der Waals surface area (Å²) in [6, 6.07) is 11.9. The zero-order valence-electron chi connectivity index (χ0n) is 17.0. The van der Waals surface area contributed by atoms with Gasteiger partial charge in [0.2, 0.25) is 0 Å². The molecule has 0 bridgehead atoms. The number of amides is 1. The summed E-state index contributed by atoms with van der Waals surface area (Å²) in [4.78, 5) is 24.7. The summed E-state index contributed by atoms with van der Waals surface area (Å²) in [5.41, 5.74) is 1.53. The van der Waals surface area contributed by atoms with Crippen molar-refractivity contribution in [3.8, 4) is 17.6 Å². The van der Waals surface area contributed by atoms with E-state index in [0.717, 1.165) is 0 Å². The van der Waals surface area contributed by atoms with E-state index < -0.39 is 18.0 Å². The molecule has 7 nitrogen and oxygen atoms in total. The van der Waals surface area contributed by atoms with Gasteiger partial charge in [-0.1, -0.05) is 22.0 Å². The molecule has 1 amide bonds. The molecule has 1 unspecified atom stereocenters. The Morgan fingerprint density at radius 2 is 1.80 bits per heavy atom. The number of esters is 1. The van der Waals surface area contributed by atoms with Gasteiger partial charge in [0.1, 0.15) is 0 Å². The highest BCUT2D eigenvalue weighted by Crippen LogP contribution is 2.34. The van der Waals surface area contributed by atoms with Crippen LogP contribution < -0.4 is 14.8 Å². The smallest absolute Gasteiger partial charge is 0.311 e. The van der Waals surface area contributed by atoms with Gasteiger partial charge < -0.3 is 19.5 Å². The van der Waals surface area contributed by atoms with E-state index in [9.17, 15) is 9.59 Å². The number of ether oxygens (including phenoxy) is 3. The fraction of sp³-hybridized carbons (Fsp3) is 0.318. The van der Waals surface area contributed by atoms with Gasteiger partial charge in [0.05, 0.1) is 31.3 Å². The van der Waals surface area contributed by atoms with Gasteiger partial charge in [-0.25, -0.2) is 0 Å². The van der Waals surface area contributed by atoms with E-state index in [4.69, 9.17) is 19.5 Å². The van der Waals surface area contributed by atoms with Crippen LogP contribution in [0.3, 0.4) is 0 Å². The van der Waals surface area contributed by atoms with Gasteiger partial charge in [-0.2, -0.15) is 5.26 Å². The van der Waals surface area contributed by atoms with Crippen molar-refractivity contribution in [2.45, 2.75) is 33.3 Å². The van der Waals surface area contributed by atoms with Gasteiger partial charge >= 0.3 is 5.97 Å². The quantitative estimate of drug-likeness (QED) is 0.546. The number of nitriles is 1. The summed E-state index contributed by atoms with van der Waals surface area (Å²) in [5.74, 6) is 0.0687. The van der Waals surface area contributed by atoms with Crippen molar-refractivity contribution in [1.29, 1.82) is 5.26 Å². The van der Waals surface area contributed by atoms with Crippen LogP contribution in [0.5, 0.6) is 11.5 Å². The molecule has 0 aromatic heterocycles. The number of nitrogens with one attached hydrogen (secondary N) is 1. The van der Waals surface area contributed by atoms with Crippen LogP contribution in [0.15, 0.2) is 40.9 Å². The maximum atomic E-state index is 12.4. The minimum absolute atomic E-state index is 0.0470. The predicted molar refractivity (Wildman–Crippen MR) is 116 cm³/mol. The molecular formula is C22H23BrN2O5. The van der Waals surface area contributed by atoms with Gasteiger partial charge in [-0.3, -0.25) is 9.59 Å². The molecular weight excluding hydrogens is 452 g/mol. The van der Waals surface area contributed by atoms with Crippen molar-refractivity contribution in [2.24, 2.45) is 0 Å². The summed E-state index contributed by atoms with van der Waals surface area (Å²) in [7, 11) is 0. The second kappa shape index (κ2) is 11.2. The number of rotatable bonds is 9. The molecule has 2 aromatic rings. The molecule has 0 saturated carbocycles. The summed E-state index contributed by atoms with van der Waals surface area (Å²) in [5, 5.41) is 11.6. The molecule has 0 heterocycles. The minimum atomic E-state index is -1.00. The fourth-order valence-corrected chi connectivity index (χ4v) is 3.07. The Morgan fingerprint density at radius 3 is 2.43 bits per heavy atom. The number of halogens is 1. The maximum absolute atomic E-state index is 12.4. The summed E-state index contributed by atoms with van der Waals surface area (Å²) in [6.07, 6.45) is -1.05. The topological polar surface area (TPSA) is 97.6 Å². The first kappa shape index (κ1) is 23.2. The highest BCUT2D eigenvalue weighted by Gasteiger charge is 2.20. The standard InChI is InChI=1S/C22H23BrN2O5/c1-4-28-19-10-16(18(23)12-20(19)29-5-2)11-21(26)30-14(3)22(27)25-17-8-6-7-15(9-17)13-24/h6-10,12,14H,4-5,11H2,1-3H3,(H,25,27). The third kappa shape index (κ3) is 6.49. The van der Waals surface area contributed by atoms with Gasteiger partial charge in [0.15, 0.2) is 17.6 Å². The number of carbonyl (C=O) groups excluding carboxylic acids is 2. The fourth-order valence-electron chi connectivity index (χ4n) is 2.61. The van der Waals surface area contributed by atoms with Crippen molar-refractivity contribution >= 4 is 33.5 Å². The summed E-state index contributed by atoms with van der Waals surface area (Å²) >= 11 is 3.43. The second-order valence-corrected chi connectivity index (χ2v) is 7.10. The Labute approximate surface area is 184 Å². The monoisotopic (exact) mass is 474 g/mol. The Kier molecular flexibility index (Phi) is 8.69. The predicted octanol–water partition coefficient (Wildman–Crippen LogP) is 4.23. The number of hydrogen-bond acceptors (Lipinski definition) is 6. The molecule has 0 aliphatic rings. The van der Waals surface area contributed by atoms with Crippen LogP contribution in [0, 0.1) is 11.3 Å². The Bertz CT molecular complexity index is 955. The Morgan fingerprint density at radius 1 is 1.13 bits per heavy atom. The third-order valence-corrected chi connectivity index (χ3v) is 4.72. The average molecular weight is 475 g/mol. The van der Waals surface area contributed by atoms with Gasteiger partial charge in [-0.15, -0.1) is 0 Å². The number of benzene rings is 2. The average Bonchev–Trinajstić information content (AvgIpc) is 2.71. The van der Waals surface area contributed by atoms with E-state index in [0.29, 0.717) is 46.0 Å². The van der Waals surface area contributed by atoms with Crippen LogP contribution in [0.25, 0.3) is 0 Å². The van der Waals surface area contributed by atoms with Crippen LogP contribution in [0.4, 0.5) is 5.69 Å². The molecule has 0 spiro atoms. The lowest BCUT2D eigenvalue weighted by molar-refractivity contribution is -0.152. The van der Waals surface area contributed by atoms with E-state index >= 15 is 0 Å². The highest BCUT2D eigenvalue weighted by molar-refractivity contribution is 9.10. The molecule has 0 fully saturated rings. The lowest BCUT2D eigenvalue weighted by Gasteiger charge is -2.16. The zero-order valence-corrected chi connectivity index (χ0v) is 18.6. The highest BCUT2D eigenvalue weighted by atomic mass is 79.9. The minimum Gasteiger partial charge on any atom is -0.490 e. The van der Waals surface area contributed by atoms with Gasteiger partial charge in [0, 0.05) is 10.2 Å². The van der Waals surface area contributed by atoms with Crippen molar-refractivity contribution in [1.82, 2.24) is 0 Å². The van der Waals surface area contributed by atoms with Crippen LogP contribution >= 0.6 is 15.9 Å². The van der Waals surface area contributed by atoms with Crippen molar-refractivity contribution in [3.05, 3.63) is 52.0 Å². The molecule has 0 aliphatic carbocycles. The molecule has 30 heavy (non-hydrogen) atoms. The maximum Gasteiger partial charge on any atom is 0.311 e. The first-order valence-electron chi connectivity index (χ1n) is 9.46. The van der Waals surface area contributed by atoms with E-state index in [2.05, 4.69) is 21.2 Å². The SMILES string of the molecule is CCOc1cc(Br)c(CC(=O)OC(C)C(=O)Nc2cccc(C#N)c2)cc1OCC. The van der Waals surface area contributed by atoms with Gasteiger partial charge in [0.25, 0.3) is 5.91 Å². The van der Waals surface area contributed by atoms with Crippen LogP contribution in [-0.4, -0.2) is 31.2 Å². The van der Waals surface area contributed by atoms with Crippen LogP contribution in [0.1, 0.15) is 31.9 Å². The van der Waals surface area contributed by atoms with Crippen molar-refractivity contribution in [3.63, 3.8) is 0 Å².